The van der Waals surface area contributed by atoms with E-state index in [-0.39, 0.29) is 23.6 Å². The lowest BCUT2D eigenvalue weighted by Crippen LogP contribution is -2.25. The van der Waals surface area contributed by atoms with Gasteiger partial charge in [0.2, 0.25) is 5.88 Å². The molecule has 1 heterocycles. The number of allylic oxidation sites excluding steroid dienone is 2. The van der Waals surface area contributed by atoms with Crippen LogP contribution in [0, 0.1) is 11.3 Å². The first-order valence-corrected chi connectivity index (χ1v) is 7.72. The van der Waals surface area contributed by atoms with Gasteiger partial charge in [0, 0.05) is 5.56 Å². The summed E-state index contributed by atoms with van der Waals surface area (Å²) >= 11 is 0. The van der Waals surface area contributed by atoms with E-state index in [1.54, 1.807) is 26.0 Å². The van der Waals surface area contributed by atoms with Gasteiger partial charge in [-0.15, -0.1) is 0 Å². The average Bonchev–Trinajstić information content (AvgIpc) is 2.55. The van der Waals surface area contributed by atoms with Crippen LogP contribution in [0.4, 0.5) is 0 Å². The van der Waals surface area contributed by atoms with Crippen LogP contribution in [0.2, 0.25) is 0 Å². The van der Waals surface area contributed by atoms with Gasteiger partial charge in [0.25, 0.3) is 0 Å². The van der Waals surface area contributed by atoms with Crippen molar-refractivity contribution < 1.29 is 19.0 Å². The summed E-state index contributed by atoms with van der Waals surface area (Å²) in [4.78, 5) is 12.5. The third kappa shape index (κ3) is 3.20. The lowest BCUT2D eigenvalue weighted by Gasteiger charge is -2.27. The molecule has 2 N–H and O–H groups in total. The van der Waals surface area contributed by atoms with Crippen LogP contribution in [0.3, 0.4) is 0 Å². The first-order valence-electron chi connectivity index (χ1n) is 7.72. The first-order chi connectivity index (χ1) is 11.5. The molecular weight excluding hydrogens is 308 g/mol. The molecule has 6 nitrogen and oxygen atoms in total. The second kappa shape index (κ2) is 7.55. The molecule has 0 unspecified atom stereocenters. The number of carbonyl (C=O) groups is 1. The lowest BCUT2D eigenvalue weighted by atomic mass is 9.82. The zero-order valence-electron chi connectivity index (χ0n) is 14.0. The molecule has 0 aromatic heterocycles. The number of para-hydroxylation sites is 1. The minimum Gasteiger partial charge on any atom is -0.494 e. The van der Waals surface area contributed by atoms with Crippen LogP contribution in [-0.4, -0.2) is 19.2 Å². The van der Waals surface area contributed by atoms with Gasteiger partial charge in [0.1, 0.15) is 23.2 Å². The summed E-state index contributed by atoms with van der Waals surface area (Å²) in [5, 5.41) is 9.55. The predicted molar refractivity (Wildman–Crippen MR) is 87.6 cm³/mol. The summed E-state index contributed by atoms with van der Waals surface area (Å²) in [6.07, 6.45) is 0. The number of nitrogens with zero attached hydrogens (tertiary/aromatic N) is 1. The fourth-order valence-corrected chi connectivity index (χ4v) is 2.67. The number of hydrogen-bond donors (Lipinski definition) is 1. The molecule has 2 rings (SSSR count). The molecule has 1 aromatic carbocycles. The number of rotatable bonds is 5. The maximum atomic E-state index is 12.5. The van der Waals surface area contributed by atoms with Crippen LogP contribution >= 0.6 is 0 Å². The highest BCUT2D eigenvalue weighted by Crippen LogP contribution is 2.42. The maximum Gasteiger partial charge on any atom is 0.338 e. The number of esters is 1. The van der Waals surface area contributed by atoms with E-state index in [0.717, 1.165) is 0 Å². The van der Waals surface area contributed by atoms with Gasteiger partial charge in [0.05, 0.1) is 24.7 Å². The van der Waals surface area contributed by atoms with E-state index in [1.807, 2.05) is 19.1 Å². The fourth-order valence-electron chi connectivity index (χ4n) is 2.67. The smallest absolute Gasteiger partial charge is 0.338 e. The van der Waals surface area contributed by atoms with Gasteiger partial charge >= 0.3 is 5.97 Å². The third-order valence-corrected chi connectivity index (χ3v) is 3.63. The van der Waals surface area contributed by atoms with Crippen LogP contribution in [0.1, 0.15) is 32.3 Å². The molecule has 0 spiro atoms. The van der Waals surface area contributed by atoms with E-state index in [4.69, 9.17) is 19.9 Å². The van der Waals surface area contributed by atoms with Crippen LogP contribution in [0.15, 0.2) is 47.1 Å². The standard InChI is InChI=1S/C18H20N2O4/c1-4-22-14-9-7-6-8-12(14)16-13(10-19)17(20)24-11(3)15(16)18(21)23-5-2/h6-9,16H,4-5,20H2,1-3H3/t16-/m0/s1. The Balaban J connectivity index is 2.65. The minimum absolute atomic E-state index is 0.0145. The van der Waals surface area contributed by atoms with Crippen LogP contribution in [-0.2, 0) is 14.3 Å². The van der Waals surface area contributed by atoms with Crippen molar-refractivity contribution in [2.45, 2.75) is 26.7 Å². The van der Waals surface area contributed by atoms with Gasteiger partial charge in [-0.3, -0.25) is 0 Å². The van der Waals surface area contributed by atoms with Crippen molar-refractivity contribution in [3.8, 4) is 11.8 Å². The van der Waals surface area contributed by atoms with Gasteiger partial charge in [-0.2, -0.15) is 5.26 Å². The Labute approximate surface area is 141 Å². The summed E-state index contributed by atoms with van der Waals surface area (Å²) in [7, 11) is 0. The molecule has 24 heavy (non-hydrogen) atoms. The van der Waals surface area contributed by atoms with Crippen LogP contribution in [0.5, 0.6) is 5.75 Å². The van der Waals surface area contributed by atoms with Crippen molar-refractivity contribution in [1.82, 2.24) is 0 Å². The molecule has 126 valence electrons. The summed E-state index contributed by atoms with van der Waals surface area (Å²) < 4.78 is 16.2. The number of hydrogen-bond acceptors (Lipinski definition) is 6. The zero-order chi connectivity index (χ0) is 17.7. The fraction of sp³-hybridized carbons (Fsp3) is 0.333. The normalized spacial score (nSPS) is 17.2. The van der Waals surface area contributed by atoms with Gasteiger partial charge in [-0.1, -0.05) is 18.2 Å². The maximum absolute atomic E-state index is 12.5. The van der Waals surface area contributed by atoms with E-state index < -0.39 is 11.9 Å². The molecular formula is C18H20N2O4. The predicted octanol–water partition coefficient (Wildman–Crippen LogP) is 2.73. The number of benzene rings is 1. The summed E-state index contributed by atoms with van der Waals surface area (Å²) in [6.45, 7) is 5.89. The molecule has 1 atom stereocenters. The highest BCUT2D eigenvalue weighted by atomic mass is 16.5. The van der Waals surface area contributed by atoms with Crippen LogP contribution < -0.4 is 10.5 Å². The van der Waals surface area contributed by atoms with E-state index in [9.17, 15) is 10.1 Å². The SMILES string of the molecule is CCOC(=O)C1=C(C)OC(N)=C(C#N)[C@@H]1c1ccccc1OCC. The Kier molecular flexibility index (Phi) is 5.48. The van der Waals surface area contributed by atoms with E-state index in [2.05, 4.69) is 6.07 Å². The largest absolute Gasteiger partial charge is 0.494 e. The highest BCUT2D eigenvalue weighted by molar-refractivity contribution is 5.92. The van der Waals surface area contributed by atoms with Gasteiger partial charge in [-0.25, -0.2) is 4.79 Å². The zero-order valence-corrected chi connectivity index (χ0v) is 14.0. The molecule has 6 heteroatoms. The molecule has 0 bridgehead atoms. The second-order valence-electron chi connectivity index (χ2n) is 5.09. The Morgan fingerprint density at radius 2 is 2.04 bits per heavy atom. The Hall–Kier alpha value is -2.94. The molecule has 1 aromatic rings. The molecule has 0 fully saturated rings. The van der Waals surface area contributed by atoms with Crippen molar-refractivity contribution in [3.63, 3.8) is 0 Å². The topological polar surface area (TPSA) is 94.6 Å². The monoisotopic (exact) mass is 328 g/mol. The number of ether oxygens (including phenoxy) is 3. The molecule has 0 saturated heterocycles. The van der Waals surface area contributed by atoms with Gasteiger partial charge in [0.15, 0.2) is 0 Å². The molecule has 0 amide bonds. The average molecular weight is 328 g/mol. The third-order valence-electron chi connectivity index (χ3n) is 3.63. The van der Waals surface area contributed by atoms with Crippen molar-refractivity contribution >= 4 is 5.97 Å². The van der Waals surface area contributed by atoms with Gasteiger partial charge in [-0.05, 0) is 26.8 Å². The summed E-state index contributed by atoms with van der Waals surface area (Å²) in [6, 6.07) is 9.29. The molecule has 0 aliphatic carbocycles. The minimum atomic E-state index is -0.689. The van der Waals surface area contributed by atoms with Crippen molar-refractivity contribution in [2.75, 3.05) is 13.2 Å². The molecule has 0 saturated carbocycles. The number of nitrogens with two attached hydrogens (primary N) is 1. The lowest BCUT2D eigenvalue weighted by molar-refractivity contribution is -0.139. The number of nitriles is 1. The van der Waals surface area contributed by atoms with E-state index >= 15 is 0 Å². The Morgan fingerprint density at radius 3 is 2.67 bits per heavy atom. The Morgan fingerprint density at radius 1 is 1.33 bits per heavy atom. The van der Waals surface area contributed by atoms with E-state index in [1.165, 1.54) is 0 Å². The molecule has 1 aliphatic rings. The Bertz CT molecular complexity index is 744. The summed E-state index contributed by atoms with van der Waals surface area (Å²) in [5.41, 5.74) is 6.97. The first kappa shape index (κ1) is 17.4. The van der Waals surface area contributed by atoms with Crippen LogP contribution in [0.25, 0.3) is 0 Å². The van der Waals surface area contributed by atoms with Crippen molar-refractivity contribution in [2.24, 2.45) is 5.73 Å². The van der Waals surface area contributed by atoms with Crippen molar-refractivity contribution in [1.29, 1.82) is 5.26 Å². The van der Waals surface area contributed by atoms with E-state index in [0.29, 0.717) is 23.7 Å². The highest BCUT2D eigenvalue weighted by Gasteiger charge is 2.37. The quantitative estimate of drug-likeness (QED) is 0.835. The molecule has 0 radical (unpaired) electrons. The summed E-state index contributed by atoms with van der Waals surface area (Å²) in [5.74, 6) is -0.334. The number of carbonyl (C=O) groups excluding carboxylic acids is 1. The van der Waals surface area contributed by atoms with Crippen molar-refractivity contribution in [3.05, 3.63) is 52.6 Å². The molecule has 1 aliphatic heterocycles. The van der Waals surface area contributed by atoms with Gasteiger partial charge < -0.3 is 19.9 Å². The second-order valence-corrected chi connectivity index (χ2v) is 5.09.